The summed E-state index contributed by atoms with van der Waals surface area (Å²) in [5.41, 5.74) is 2.01. The lowest BCUT2D eigenvalue weighted by atomic mass is 10.2. The van der Waals surface area contributed by atoms with Crippen molar-refractivity contribution in [2.24, 2.45) is 5.92 Å². The first kappa shape index (κ1) is 11.1. The van der Waals surface area contributed by atoms with E-state index in [1.54, 1.807) is 6.26 Å². The number of aryl methyl sites for hydroxylation is 1. The molecule has 0 aliphatic heterocycles. The molecule has 1 aliphatic carbocycles. The van der Waals surface area contributed by atoms with Gasteiger partial charge in [0.15, 0.2) is 0 Å². The highest BCUT2D eigenvalue weighted by atomic mass is 16.3. The van der Waals surface area contributed by atoms with E-state index in [0.29, 0.717) is 0 Å². The Balaban J connectivity index is 1.64. The third-order valence-electron chi connectivity index (χ3n) is 3.32. The van der Waals surface area contributed by atoms with Crippen molar-refractivity contribution in [3.8, 4) is 0 Å². The Bertz CT molecular complexity index is 560. The van der Waals surface area contributed by atoms with Crippen molar-refractivity contribution < 1.29 is 9.21 Å². The van der Waals surface area contributed by atoms with Gasteiger partial charge in [0.05, 0.1) is 6.26 Å². The molecule has 3 nitrogen and oxygen atoms in total. The Morgan fingerprint density at radius 1 is 1.33 bits per heavy atom. The van der Waals surface area contributed by atoms with Crippen molar-refractivity contribution in [2.45, 2.75) is 19.3 Å². The zero-order valence-corrected chi connectivity index (χ0v) is 10.2. The fraction of sp³-hybridized carbons (Fsp3) is 0.267. The molecular weight excluding hydrogens is 226 g/mol. The number of benzene rings is 1. The Morgan fingerprint density at radius 2 is 2.22 bits per heavy atom. The normalized spacial score (nSPS) is 21.6. The molecule has 2 aromatic rings. The average Bonchev–Trinajstić information content (AvgIpc) is 2.96. The maximum atomic E-state index is 12.0. The van der Waals surface area contributed by atoms with Gasteiger partial charge in [0.1, 0.15) is 5.76 Å². The van der Waals surface area contributed by atoms with Gasteiger partial charge >= 0.3 is 0 Å². The fourth-order valence-electron chi connectivity index (χ4n) is 2.26. The molecule has 92 valence electrons. The average molecular weight is 241 g/mol. The number of anilines is 1. The van der Waals surface area contributed by atoms with E-state index >= 15 is 0 Å². The molecule has 0 radical (unpaired) electrons. The highest BCUT2D eigenvalue weighted by Gasteiger charge is 2.45. The van der Waals surface area contributed by atoms with Crippen LogP contribution in [0.2, 0.25) is 0 Å². The quantitative estimate of drug-likeness (QED) is 0.895. The second-order valence-corrected chi connectivity index (χ2v) is 4.82. The third-order valence-corrected chi connectivity index (χ3v) is 3.32. The van der Waals surface area contributed by atoms with E-state index in [0.717, 1.165) is 23.4 Å². The van der Waals surface area contributed by atoms with Crippen molar-refractivity contribution in [1.82, 2.24) is 0 Å². The van der Waals surface area contributed by atoms with Gasteiger partial charge in [-0.3, -0.25) is 4.79 Å². The molecule has 1 aromatic heterocycles. The predicted molar refractivity (Wildman–Crippen MR) is 69.4 cm³/mol. The van der Waals surface area contributed by atoms with E-state index in [1.807, 2.05) is 43.3 Å². The monoisotopic (exact) mass is 241 g/mol. The molecule has 0 bridgehead atoms. The minimum absolute atomic E-state index is 0.0525. The highest BCUT2D eigenvalue weighted by molar-refractivity contribution is 5.95. The number of furan rings is 1. The molecule has 2 atom stereocenters. The van der Waals surface area contributed by atoms with Crippen LogP contribution >= 0.6 is 0 Å². The molecule has 1 amide bonds. The van der Waals surface area contributed by atoms with E-state index in [9.17, 15) is 4.79 Å². The van der Waals surface area contributed by atoms with Crippen LogP contribution in [-0.4, -0.2) is 5.91 Å². The number of carbonyl (C=O) groups is 1. The molecule has 1 aliphatic rings. The first-order valence-electron chi connectivity index (χ1n) is 6.15. The Kier molecular flexibility index (Phi) is 2.67. The molecule has 1 heterocycles. The molecule has 2 unspecified atom stereocenters. The van der Waals surface area contributed by atoms with Crippen LogP contribution in [0.3, 0.4) is 0 Å². The zero-order chi connectivity index (χ0) is 12.5. The maximum Gasteiger partial charge on any atom is 0.228 e. The molecule has 1 fully saturated rings. The zero-order valence-electron chi connectivity index (χ0n) is 10.2. The van der Waals surface area contributed by atoms with E-state index < -0.39 is 0 Å². The minimum atomic E-state index is 0.0525. The summed E-state index contributed by atoms with van der Waals surface area (Å²) < 4.78 is 5.33. The second kappa shape index (κ2) is 4.33. The van der Waals surface area contributed by atoms with Gasteiger partial charge in [0.25, 0.3) is 0 Å². The molecule has 3 heteroatoms. The van der Waals surface area contributed by atoms with Gasteiger partial charge < -0.3 is 9.73 Å². The van der Waals surface area contributed by atoms with Crippen LogP contribution in [0.5, 0.6) is 0 Å². The Hall–Kier alpha value is -2.03. The minimum Gasteiger partial charge on any atom is -0.469 e. The van der Waals surface area contributed by atoms with Gasteiger partial charge in [0, 0.05) is 17.5 Å². The number of rotatable bonds is 3. The summed E-state index contributed by atoms with van der Waals surface area (Å²) >= 11 is 0. The van der Waals surface area contributed by atoms with Crippen molar-refractivity contribution >= 4 is 11.6 Å². The van der Waals surface area contributed by atoms with Gasteiger partial charge in [0.2, 0.25) is 5.91 Å². The summed E-state index contributed by atoms with van der Waals surface area (Å²) in [5.74, 6) is 1.31. The van der Waals surface area contributed by atoms with Crippen LogP contribution in [0.4, 0.5) is 5.69 Å². The van der Waals surface area contributed by atoms with E-state index in [-0.39, 0.29) is 17.7 Å². The van der Waals surface area contributed by atoms with Gasteiger partial charge in [-0.25, -0.2) is 0 Å². The summed E-state index contributed by atoms with van der Waals surface area (Å²) in [7, 11) is 0. The highest BCUT2D eigenvalue weighted by Crippen LogP contribution is 2.48. The number of hydrogen-bond acceptors (Lipinski definition) is 2. The molecule has 0 spiro atoms. The largest absolute Gasteiger partial charge is 0.469 e. The van der Waals surface area contributed by atoms with Crippen LogP contribution in [-0.2, 0) is 4.79 Å². The first-order valence-corrected chi connectivity index (χ1v) is 6.15. The number of amides is 1. The first-order chi connectivity index (χ1) is 8.74. The number of nitrogens with one attached hydrogen (secondary N) is 1. The van der Waals surface area contributed by atoms with Crippen LogP contribution in [0, 0.1) is 12.8 Å². The van der Waals surface area contributed by atoms with E-state index in [4.69, 9.17) is 4.42 Å². The Labute approximate surface area is 106 Å². The standard InChI is InChI=1S/C15H15NO2/c1-10-4-2-5-11(8-10)16-15(17)13-9-12(13)14-6-3-7-18-14/h2-8,12-13H,9H2,1H3,(H,16,17). The number of carbonyl (C=O) groups excluding carboxylic acids is 1. The van der Waals surface area contributed by atoms with Gasteiger partial charge in [-0.2, -0.15) is 0 Å². The van der Waals surface area contributed by atoms with Crippen LogP contribution < -0.4 is 5.32 Å². The van der Waals surface area contributed by atoms with Crippen molar-refractivity contribution in [3.05, 3.63) is 54.0 Å². The Morgan fingerprint density at radius 3 is 2.94 bits per heavy atom. The summed E-state index contributed by atoms with van der Waals surface area (Å²) in [6, 6.07) is 11.6. The second-order valence-electron chi connectivity index (χ2n) is 4.82. The van der Waals surface area contributed by atoms with Gasteiger partial charge in [-0.1, -0.05) is 12.1 Å². The smallest absolute Gasteiger partial charge is 0.228 e. The SMILES string of the molecule is Cc1cccc(NC(=O)C2CC2c2ccco2)c1. The molecule has 0 saturated heterocycles. The van der Waals surface area contributed by atoms with Gasteiger partial charge in [-0.15, -0.1) is 0 Å². The van der Waals surface area contributed by atoms with Gasteiger partial charge in [-0.05, 0) is 43.2 Å². The third kappa shape index (κ3) is 2.16. The van der Waals surface area contributed by atoms with Crippen LogP contribution in [0.1, 0.15) is 23.7 Å². The van der Waals surface area contributed by atoms with E-state index in [2.05, 4.69) is 5.32 Å². The van der Waals surface area contributed by atoms with Crippen LogP contribution in [0.25, 0.3) is 0 Å². The topological polar surface area (TPSA) is 42.2 Å². The maximum absolute atomic E-state index is 12.0. The summed E-state index contributed by atoms with van der Waals surface area (Å²) in [4.78, 5) is 12.0. The lowest BCUT2D eigenvalue weighted by Crippen LogP contribution is -2.14. The van der Waals surface area contributed by atoms with Crippen LogP contribution in [0.15, 0.2) is 47.1 Å². The lowest BCUT2D eigenvalue weighted by molar-refractivity contribution is -0.117. The molecular formula is C15H15NO2. The molecule has 3 rings (SSSR count). The summed E-state index contributed by atoms with van der Waals surface area (Å²) in [6.07, 6.45) is 2.54. The molecule has 18 heavy (non-hydrogen) atoms. The summed E-state index contributed by atoms with van der Waals surface area (Å²) in [6.45, 7) is 2.01. The predicted octanol–water partition coefficient (Wildman–Crippen LogP) is 3.33. The lowest BCUT2D eigenvalue weighted by Gasteiger charge is -2.05. The molecule has 1 N–H and O–H groups in total. The number of hydrogen-bond donors (Lipinski definition) is 1. The molecule has 1 aromatic carbocycles. The summed E-state index contributed by atoms with van der Waals surface area (Å²) in [5, 5.41) is 2.96. The van der Waals surface area contributed by atoms with Crippen molar-refractivity contribution in [1.29, 1.82) is 0 Å². The van der Waals surface area contributed by atoms with Crippen molar-refractivity contribution in [2.75, 3.05) is 5.32 Å². The van der Waals surface area contributed by atoms with E-state index in [1.165, 1.54) is 0 Å². The molecule has 1 saturated carbocycles. The van der Waals surface area contributed by atoms with Crippen molar-refractivity contribution in [3.63, 3.8) is 0 Å². The fourth-order valence-corrected chi connectivity index (χ4v) is 2.26.